The molecule has 2 atom stereocenters. The highest BCUT2D eigenvalue weighted by atomic mass is 32.2. The molecule has 2 aromatic rings. The van der Waals surface area contributed by atoms with Crippen molar-refractivity contribution in [2.45, 2.75) is 30.2 Å². The van der Waals surface area contributed by atoms with Crippen molar-refractivity contribution in [1.29, 1.82) is 0 Å². The molecule has 2 unspecified atom stereocenters. The van der Waals surface area contributed by atoms with Gasteiger partial charge in [0.05, 0.1) is 11.1 Å². The third-order valence-electron chi connectivity index (χ3n) is 6.72. The lowest BCUT2D eigenvalue weighted by Crippen LogP contribution is -2.47. The van der Waals surface area contributed by atoms with E-state index < -0.39 is 18.1 Å². The third-order valence-corrected chi connectivity index (χ3v) is 9.12. The molecule has 184 valence electrons. The predicted molar refractivity (Wildman–Crippen MR) is 138 cm³/mol. The fourth-order valence-electron chi connectivity index (χ4n) is 4.89. The number of nitrogens with one attached hydrogen (secondary N) is 1. The first-order valence-electron chi connectivity index (χ1n) is 11.9. The van der Waals surface area contributed by atoms with E-state index in [1.807, 2.05) is 24.3 Å². The number of benzene rings is 2. The van der Waals surface area contributed by atoms with Crippen molar-refractivity contribution in [3.63, 3.8) is 0 Å². The first kappa shape index (κ1) is 24.1. The first-order valence-corrected chi connectivity index (χ1v) is 14.1. The first-order chi connectivity index (χ1) is 17.0. The van der Waals surface area contributed by atoms with Crippen molar-refractivity contribution < 1.29 is 24.2 Å². The van der Waals surface area contributed by atoms with Gasteiger partial charge in [-0.1, -0.05) is 48.5 Å². The van der Waals surface area contributed by atoms with E-state index >= 15 is 0 Å². The van der Waals surface area contributed by atoms with E-state index in [0.29, 0.717) is 24.0 Å². The Balaban J connectivity index is 1.05. The van der Waals surface area contributed by atoms with E-state index in [1.54, 1.807) is 16.7 Å². The highest BCUT2D eigenvalue weighted by molar-refractivity contribution is 8.00. The van der Waals surface area contributed by atoms with Crippen molar-refractivity contribution in [3.8, 4) is 11.1 Å². The van der Waals surface area contributed by atoms with Gasteiger partial charge in [0, 0.05) is 24.0 Å². The SMILES string of the molecule is O=C(NCCSCC(=O)N1C(C(=O)O)CSC1C1CC1)OCC1c2ccccc2-c2ccccc21. The summed E-state index contributed by atoms with van der Waals surface area (Å²) >= 11 is 2.98. The zero-order valence-electron chi connectivity index (χ0n) is 19.2. The minimum Gasteiger partial charge on any atom is -0.480 e. The molecule has 0 aromatic heterocycles. The number of aliphatic carboxylic acids is 1. The smallest absolute Gasteiger partial charge is 0.407 e. The Morgan fingerprint density at radius 2 is 1.71 bits per heavy atom. The highest BCUT2D eigenvalue weighted by Crippen LogP contribution is 2.46. The number of alkyl carbamates (subject to hydrolysis) is 1. The van der Waals surface area contributed by atoms with Gasteiger partial charge in [0.25, 0.3) is 0 Å². The third kappa shape index (κ3) is 5.16. The summed E-state index contributed by atoms with van der Waals surface area (Å²) in [5, 5.41) is 12.2. The molecule has 1 saturated heterocycles. The maximum atomic E-state index is 12.8. The van der Waals surface area contributed by atoms with Gasteiger partial charge < -0.3 is 20.1 Å². The van der Waals surface area contributed by atoms with Gasteiger partial charge in [-0.2, -0.15) is 11.8 Å². The van der Waals surface area contributed by atoms with Crippen LogP contribution >= 0.6 is 23.5 Å². The Morgan fingerprint density at radius 3 is 2.34 bits per heavy atom. The molecule has 35 heavy (non-hydrogen) atoms. The van der Waals surface area contributed by atoms with Crippen LogP contribution in [-0.2, 0) is 14.3 Å². The maximum absolute atomic E-state index is 12.8. The number of thioether (sulfide) groups is 2. The molecule has 5 rings (SSSR count). The summed E-state index contributed by atoms with van der Waals surface area (Å²) in [5.74, 6) is 0.578. The lowest BCUT2D eigenvalue weighted by molar-refractivity contribution is -0.148. The molecule has 0 spiro atoms. The van der Waals surface area contributed by atoms with Crippen molar-refractivity contribution >= 4 is 41.5 Å². The quantitative estimate of drug-likeness (QED) is 0.490. The van der Waals surface area contributed by atoms with E-state index in [0.717, 1.165) is 12.8 Å². The molecule has 3 aliphatic rings. The second-order valence-electron chi connectivity index (χ2n) is 9.02. The number of hydrogen-bond donors (Lipinski definition) is 2. The summed E-state index contributed by atoms with van der Waals surface area (Å²) in [7, 11) is 0. The van der Waals surface area contributed by atoms with Gasteiger partial charge in [0.15, 0.2) is 0 Å². The Hall–Kier alpha value is -2.65. The van der Waals surface area contributed by atoms with Crippen LogP contribution in [0.4, 0.5) is 4.79 Å². The van der Waals surface area contributed by atoms with Crippen LogP contribution in [0.15, 0.2) is 48.5 Å². The zero-order chi connectivity index (χ0) is 24.4. The van der Waals surface area contributed by atoms with Crippen molar-refractivity contribution in [2.75, 3.05) is 30.4 Å². The van der Waals surface area contributed by atoms with Crippen LogP contribution < -0.4 is 5.32 Å². The minimum atomic E-state index is -0.934. The van der Waals surface area contributed by atoms with Crippen molar-refractivity contribution in [3.05, 3.63) is 59.7 Å². The van der Waals surface area contributed by atoms with Gasteiger partial charge >= 0.3 is 12.1 Å². The molecule has 2 aliphatic carbocycles. The Labute approximate surface area is 213 Å². The second kappa shape index (κ2) is 10.5. The van der Waals surface area contributed by atoms with Gasteiger partial charge in [-0.05, 0) is 41.0 Å². The van der Waals surface area contributed by atoms with Crippen LogP contribution in [0.2, 0.25) is 0 Å². The molecule has 2 amide bonds. The molecule has 0 radical (unpaired) electrons. The minimum absolute atomic E-state index is 0.0110. The number of amides is 2. The predicted octanol–water partition coefficient (Wildman–Crippen LogP) is 4.02. The van der Waals surface area contributed by atoms with Crippen LogP contribution in [0, 0.1) is 5.92 Å². The maximum Gasteiger partial charge on any atom is 0.407 e. The van der Waals surface area contributed by atoms with E-state index in [9.17, 15) is 19.5 Å². The van der Waals surface area contributed by atoms with E-state index in [4.69, 9.17) is 4.74 Å². The topological polar surface area (TPSA) is 95.9 Å². The van der Waals surface area contributed by atoms with Gasteiger partial charge in [0.2, 0.25) is 5.91 Å². The average molecular weight is 513 g/mol. The molecule has 2 aromatic carbocycles. The van der Waals surface area contributed by atoms with Gasteiger partial charge in [-0.3, -0.25) is 4.79 Å². The van der Waals surface area contributed by atoms with Crippen LogP contribution in [0.5, 0.6) is 0 Å². The number of nitrogens with zero attached hydrogens (tertiary/aromatic N) is 1. The second-order valence-corrected chi connectivity index (χ2v) is 11.3. The van der Waals surface area contributed by atoms with E-state index in [2.05, 4.69) is 29.6 Å². The Bertz CT molecular complexity index is 1080. The molecule has 2 N–H and O–H groups in total. The average Bonchev–Trinajstić information content (AvgIpc) is 3.52. The molecule has 0 bridgehead atoms. The molecule has 1 heterocycles. The number of fused-ring (bicyclic) bond motifs is 3. The van der Waals surface area contributed by atoms with E-state index in [-0.39, 0.29) is 29.6 Å². The summed E-state index contributed by atoms with van der Waals surface area (Å²) in [6, 6.07) is 15.7. The lowest BCUT2D eigenvalue weighted by atomic mass is 9.98. The number of carbonyl (C=O) groups excluding carboxylic acids is 2. The number of carboxylic acids is 1. The molecular formula is C26H28N2O5S2. The van der Waals surface area contributed by atoms with Crippen LogP contribution in [0.1, 0.15) is 29.9 Å². The Kier molecular flexibility index (Phi) is 7.24. The van der Waals surface area contributed by atoms with Crippen molar-refractivity contribution in [1.82, 2.24) is 10.2 Å². The number of hydrogen-bond acceptors (Lipinski definition) is 6. The number of carbonyl (C=O) groups is 3. The summed E-state index contributed by atoms with van der Waals surface area (Å²) in [6.07, 6.45) is 1.64. The number of carboxylic acid groups (broad SMARTS) is 1. The summed E-state index contributed by atoms with van der Waals surface area (Å²) in [4.78, 5) is 38.2. The molecular weight excluding hydrogens is 484 g/mol. The van der Waals surface area contributed by atoms with Crippen molar-refractivity contribution in [2.24, 2.45) is 5.92 Å². The van der Waals surface area contributed by atoms with Crippen LogP contribution in [-0.4, -0.2) is 69.8 Å². The summed E-state index contributed by atoms with van der Waals surface area (Å²) in [6.45, 7) is 0.634. The van der Waals surface area contributed by atoms with Crippen LogP contribution in [0.3, 0.4) is 0 Å². The van der Waals surface area contributed by atoms with E-state index in [1.165, 1.54) is 34.0 Å². The lowest BCUT2D eigenvalue weighted by Gasteiger charge is -2.27. The van der Waals surface area contributed by atoms with Gasteiger partial charge in [0.1, 0.15) is 12.6 Å². The summed E-state index contributed by atoms with van der Waals surface area (Å²) < 4.78 is 5.53. The fraction of sp³-hybridized carbons (Fsp3) is 0.423. The Morgan fingerprint density at radius 1 is 1.06 bits per heavy atom. The zero-order valence-corrected chi connectivity index (χ0v) is 20.9. The summed E-state index contributed by atoms with van der Waals surface area (Å²) in [5.41, 5.74) is 4.70. The molecule has 7 nitrogen and oxygen atoms in total. The normalized spacial score (nSPS) is 20.9. The monoisotopic (exact) mass is 512 g/mol. The number of ether oxygens (including phenoxy) is 1. The largest absolute Gasteiger partial charge is 0.480 e. The fourth-order valence-corrected chi connectivity index (χ4v) is 7.25. The van der Waals surface area contributed by atoms with Gasteiger partial charge in [-0.15, -0.1) is 11.8 Å². The molecule has 9 heteroatoms. The standard InChI is InChI=1S/C26H28N2O5S2/c29-23(28-22(25(30)31)14-35-24(28)16-9-10-16)15-34-12-11-27-26(32)33-13-21-19-7-3-1-5-17(19)18-6-2-4-8-20(18)21/h1-8,16,21-22,24H,9-15H2,(H,27,32)(H,30,31). The molecule has 2 fully saturated rings. The highest BCUT2D eigenvalue weighted by Gasteiger charge is 2.47. The molecule has 1 saturated carbocycles. The van der Waals surface area contributed by atoms with Crippen LogP contribution in [0.25, 0.3) is 11.1 Å². The van der Waals surface area contributed by atoms with Gasteiger partial charge in [-0.25, -0.2) is 9.59 Å². The number of rotatable bonds is 9. The molecule has 1 aliphatic heterocycles.